The Balaban J connectivity index is 1.93. The van der Waals surface area contributed by atoms with E-state index in [1.807, 2.05) is 31.2 Å². The maximum Gasteiger partial charge on any atom is 0.319 e. The van der Waals surface area contributed by atoms with Gasteiger partial charge in [0.15, 0.2) is 0 Å². The summed E-state index contributed by atoms with van der Waals surface area (Å²) in [6.45, 7) is 3.56. The third-order valence-corrected chi connectivity index (χ3v) is 3.52. The standard InChI is InChI=1S/C17H19FN2O2/c1-11-6-3-4-7-13(11)16(21)10-19-17(22)20-15-9-5-8-14(18)12(15)2/h3-9,16,21H,10H2,1-2H3,(H2,19,20,22). The molecule has 0 aromatic heterocycles. The van der Waals surface area contributed by atoms with Crippen molar-refractivity contribution in [3.05, 3.63) is 65.0 Å². The summed E-state index contributed by atoms with van der Waals surface area (Å²) in [6, 6.07) is 11.4. The van der Waals surface area contributed by atoms with Gasteiger partial charge in [-0.3, -0.25) is 0 Å². The van der Waals surface area contributed by atoms with E-state index in [9.17, 15) is 14.3 Å². The van der Waals surface area contributed by atoms with Gasteiger partial charge in [-0.1, -0.05) is 30.3 Å². The molecule has 0 bridgehead atoms. The van der Waals surface area contributed by atoms with Gasteiger partial charge in [0, 0.05) is 17.8 Å². The number of carbonyl (C=O) groups excluding carboxylic acids is 1. The van der Waals surface area contributed by atoms with E-state index in [1.54, 1.807) is 13.0 Å². The van der Waals surface area contributed by atoms with E-state index in [0.717, 1.165) is 11.1 Å². The second-order valence-corrected chi connectivity index (χ2v) is 5.12. The van der Waals surface area contributed by atoms with Gasteiger partial charge >= 0.3 is 6.03 Å². The zero-order valence-corrected chi connectivity index (χ0v) is 12.6. The van der Waals surface area contributed by atoms with Crippen LogP contribution in [0.3, 0.4) is 0 Å². The number of rotatable bonds is 4. The van der Waals surface area contributed by atoms with E-state index in [-0.39, 0.29) is 12.4 Å². The van der Waals surface area contributed by atoms with Crippen molar-refractivity contribution in [2.75, 3.05) is 11.9 Å². The fourth-order valence-corrected chi connectivity index (χ4v) is 2.17. The summed E-state index contributed by atoms with van der Waals surface area (Å²) < 4.78 is 13.4. The lowest BCUT2D eigenvalue weighted by atomic mass is 10.0. The molecule has 0 radical (unpaired) electrons. The van der Waals surface area contributed by atoms with Gasteiger partial charge in [0.1, 0.15) is 5.82 Å². The van der Waals surface area contributed by atoms with E-state index in [0.29, 0.717) is 11.3 Å². The molecule has 0 spiro atoms. The summed E-state index contributed by atoms with van der Waals surface area (Å²) in [4.78, 5) is 11.8. The van der Waals surface area contributed by atoms with E-state index in [1.165, 1.54) is 12.1 Å². The predicted octanol–water partition coefficient (Wildman–Crippen LogP) is 3.30. The summed E-state index contributed by atoms with van der Waals surface area (Å²) >= 11 is 0. The molecule has 22 heavy (non-hydrogen) atoms. The molecule has 1 atom stereocenters. The topological polar surface area (TPSA) is 61.4 Å². The average Bonchev–Trinajstić information content (AvgIpc) is 2.50. The van der Waals surface area contributed by atoms with Crippen LogP contribution < -0.4 is 10.6 Å². The monoisotopic (exact) mass is 302 g/mol. The number of aliphatic hydroxyl groups is 1. The van der Waals surface area contributed by atoms with Crippen LogP contribution in [0.1, 0.15) is 22.8 Å². The molecular weight excluding hydrogens is 283 g/mol. The van der Waals surface area contributed by atoms with Crippen molar-refractivity contribution < 1.29 is 14.3 Å². The molecule has 0 fully saturated rings. The number of urea groups is 1. The minimum Gasteiger partial charge on any atom is -0.387 e. The minimum atomic E-state index is -0.791. The Kier molecular flexibility index (Phi) is 5.12. The SMILES string of the molecule is Cc1ccccc1C(O)CNC(=O)Nc1cccc(F)c1C. The predicted molar refractivity (Wildman–Crippen MR) is 84.3 cm³/mol. The van der Waals surface area contributed by atoms with Crippen molar-refractivity contribution in [1.29, 1.82) is 0 Å². The molecule has 2 rings (SSSR count). The Bertz CT molecular complexity index is 673. The van der Waals surface area contributed by atoms with E-state index in [2.05, 4.69) is 10.6 Å². The van der Waals surface area contributed by atoms with Gasteiger partial charge < -0.3 is 15.7 Å². The first kappa shape index (κ1) is 16.0. The lowest BCUT2D eigenvalue weighted by molar-refractivity contribution is 0.174. The second kappa shape index (κ2) is 7.04. The second-order valence-electron chi connectivity index (χ2n) is 5.12. The van der Waals surface area contributed by atoms with Crippen LogP contribution in [0, 0.1) is 19.7 Å². The van der Waals surface area contributed by atoms with Gasteiger partial charge in [0.05, 0.1) is 6.10 Å². The molecule has 1 unspecified atom stereocenters. The van der Waals surface area contributed by atoms with E-state index >= 15 is 0 Å². The number of hydrogen-bond acceptors (Lipinski definition) is 2. The number of halogens is 1. The highest BCUT2D eigenvalue weighted by atomic mass is 19.1. The molecule has 5 heteroatoms. The summed E-state index contributed by atoms with van der Waals surface area (Å²) in [7, 11) is 0. The highest BCUT2D eigenvalue weighted by molar-refractivity contribution is 5.90. The van der Waals surface area contributed by atoms with E-state index < -0.39 is 12.1 Å². The quantitative estimate of drug-likeness (QED) is 0.811. The third kappa shape index (κ3) is 3.83. The summed E-state index contributed by atoms with van der Waals surface area (Å²) in [5.41, 5.74) is 2.50. The van der Waals surface area contributed by atoms with Crippen LogP contribution in [0.25, 0.3) is 0 Å². The normalized spacial score (nSPS) is 11.8. The van der Waals surface area contributed by atoms with Gasteiger partial charge in [-0.15, -0.1) is 0 Å². The lowest BCUT2D eigenvalue weighted by Crippen LogP contribution is -2.32. The zero-order valence-electron chi connectivity index (χ0n) is 12.6. The smallest absolute Gasteiger partial charge is 0.319 e. The summed E-state index contributed by atoms with van der Waals surface area (Å²) in [6.07, 6.45) is -0.791. The molecule has 2 aromatic rings. The van der Waals surface area contributed by atoms with Crippen molar-refractivity contribution in [2.45, 2.75) is 20.0 Å². The van der Waals surface area contributed by atoms with Crippen LogP contribution in [0.5, 0.6) is 0 Å². The average molecular weight is 302 g/mol. The maximum absolute atomic E-state index is 13.4. The number of aliphatic hydroxyl groups excluding tert-OH is 1. The fourth-order valence-electron chi connectivity index (χ4n) is 2.17. The molecule has 0 aliphatic rings. The summed E-state index contributed by atoms with van der Waals surface area (Å²) in [5, 5.41) is 15.3. The number of benzene rings is 2. The Labute approximate surface area is 129 Å². The number of aryl methyl sites for hydroxylation is 1. The molecule has 0 saturated heterocycles. The van der Waals surface area contributed by atoms with Gasteiger partial charge in [0.2, 0.25) is 0 Å². The Morgan fingerprint density at radius 3 is 2.64 bits per heavy atom. The largest absolute Gasteiger partial charge is 0.387 e. The third-order valence-electron chi connectivity index (χ3n) is 3.52. The van der Waals surface area contributed by atoms with Gasteiger partial charge in [-0.2, -0.15) is 0 Å². The van der Waals surface area contributed by atoms with Crippen molar-refractivity contribution in [1.82, 2.24) is 5.32 Å². The van der Waals surface area contributed by atoms with Crippen LogP contribution in [0.2, 0.25) is 0 Å². The first-order valence-electron chi connectivity index (χ1n) is 7.02. The van der Waals surface area contributed by atoms with Crippen LogP contribution in [0.15, 0.2) is 42.5 Å². The molecule has 2 aromatic carbocycles. The molecule has 2 amide bonds. The molecule has 0 saturated carbocycles. The molecule has 0 aliphatic carbocycles. The van der Waals surface area contributed by atoms with Gasteiger partial charge in [-0.05, 0) is 37.1 Å². The zero-order chi connectivity index (χ0) is 16.1. The molecular formula is C17H19FN2O2. The van der Waals surface area contributed by atoms with Crippen molar-refractivity contribution in [2.24, 2.45) is 0 Å². The number of anilines is 1. The van der Waals surface area contributed by atoms with Gasteiger partial charge in [0.25, 0.3) is 0 Å². The Morgan fingerprint density at radius 2 is 1.91 bits per heavy atom. The lowest BCUT2D eigenvalue weighted by Gasteiger charge is -2.15. The van der Waals surface area contributed by atoms with Gasteiger partial charge in [-0.25, -0.2) is 9.18 Å². The first-order chi connectivity index (χ1) is 10.5. The van der Waals surface area contributed by atoms with Crippen molar-refractivity contribution in [3.63, 3.8) is 0 Å². The van der Waals surface area contributed by atoms with Crippen LogP contribution in [0.4, 0.5) is 14.9 Å². The van der Waals surface area contributed by atoms with Crippen LogP contribution in [-0.2, 0) is 0 Å². The number of amides is 2. The Hall–Kier alpha value is -2.40. The highest BCUT2D eigenvalue weighted by Gasteiger charge is 2.12. The number of carbonyl (C=O) groups is 1. The fraction of sp³-hybridized carbons (Fsp3) is 0.235. The maximum atomic E-state index is 13.4. The minimum absolute atomic E-state index is 0.0745. The van der Waals surface area contributed by atoms with Crippen molar-refractivity contribution in [3.8, 4) is 0 Å². The molecule has 4 nitrogen and oxygen atoms in total. The van der Waals surface area contributed by atoms with Crippen molar-refractivity contribution >= 4 is 11.7 Å². The molecule has 0 aliphatic heterocycles. The molecule has 3 N–H and O–H groups in total. The van der Waals surface area contributed by atoms with Crippen LogP contribution in [-0.4, -0.2) is 17.7 Å². The summed E-state index contributed by atoms with van der Waals surface area (Å²) in [5.74, 6) is -0.377. The first-order valence-corrected chi connectivity index (χ1v) is 7.02. The number of hydrogen-bond donors (Lipinski definition) is 3. The number of nitrogens with one attached hydrogen (secondary N) is 2. The highest BCUT2D eigenvalue weighted by Crippen LogP contribution is 2.18. The molecule has 0 heterocycles. The van der Waals surface area contributed by atoms with Crippen LogP contribution >= 0.6 is 0 Å². The van der Waals surface area contributed by atoms with E-state index in [4.69, 9.17) is 0 Å². The molecule has 116 valence electrons. The Morgan fingerprint density at radius 1 is 1.18 bits per heavy atom.